The van der Waals surface area contributed by atoms with E-state index in [1.165, 1.54) is 16.7 Å². The van der Waals surface area contributed by atoms with Crippen molar-refractivity contribution < 1.29 is 13.2 Å². The van der Waals surface area contributed by atoms with Gasteiger partial charge in [-0.1, -0.05) is 12.1 Å². The molecular weight excluding hydrogens is 318 g/mol. The summed E-state index contributed by atoms with van der Waals surface area (Å²) < 4.78 is 22.5. The number of carbonyl (C=O) groups is 1. The smallest absolute Gasteiger partial charge is 0.251 e. The van der Waals surface area contributed by atoms with Crippen molar-refractivity contribution in [2.45, 2.75) is 26.1 Å². The standard InChI is InChI=1S/C16H19NO3S2/c1-11-12(2)21-9-15(11)8-17-16(18)14-6-4-13(5-7-14)10-22(3,19)20/h4-7,9H,8,10H2,1-3H3,(H,17,18). The summed E-state index contributed by atoms with van der Waals surface area (Å²) in [6.45, 7) is 4.61. The molecule has 1 heterocycles. The summed E-state index contributed by atoms with van der Waals surface area (Å²) in [5, 5.41) is 4.94. The lowest BCUT2D eigenvalue weighted by Gasteiger charge is -2.06. The lowest BCUT2D eigenvalue weighted by Crippen LogP contribution is -2.22. The first-order chi connectivity index (χ1) is 10.3. The molecule has 0 radical (unpaired) electrons. The maximum atomic E-state index is 12.1. The third kappa shape index (κ3) is 4.42. The van der Waals surface area contributed by atoms with Crippen molar-refractivity contribution in [1.29, 1.82) is 0 Å². The van der Waals surface area contributed by atoms with Gasteiger partial charge in [-0.25, -0.2) is 8.42 Å². The van der Waals surface area contributed by atoms with Crippen LogP contribution in [0.15, 0.2) is 29.6 Å². The van der Waals surface area contributed by atoms with Crippen LogP contribution in [0.25, 0.3) is 0 Å². The molecule has 0 aliphatic heterocycles. The number of nitrogens with one attached hydrogen (secondary N) is 1. The summed E-state index contributed by atoms with van der Waals surface area (Å²) in [6.07, 6.45) is 1.19. The summed E-state index contributed by atoms with van der Waals surface area (Å²) in [5.41, 5.74) is 3.56. The van der Waals surface area contributed by atoms with Crippen molar-refractivity contribution in [1.82, 2.24) is 5.32 Å². The summed E-state index contributed by atoms with van der Waals surface area (Å²) >= 11 is 1.68. The van der Waals surface area contributed by atoms with E-state index in [0.29, 0.717) is 17.7 Å². The highest BCUT2D eigenvalue weighted by Gasteiger charge is 2.09. The van der Waals surface area contributed by atoms with Gasteiger partial charge in [0.05, 0.1) is 5.75 Å². The number of amides is 1. The number of aryl methyl sites for hydroxylation is 1. The van der Waals surface area contributed by atoms with Crippen molar-refractivity contribution in [3.8, 4) is 0 Å². The fourth-order valence-corrected chi connectivity index (χ4v) is 3.75. The van der Waals surface area contributed by atoms with Gasteiger partial charge in [-0.15, -0.1) is 11.3 Å². The minimum Gasteiger partial charge on any atom is -0.348 e. The fraction of sp³-hybridized carbons (Fsp3) is 0.312. The quantitative estimate of drug-likeness (QED) is 0.912. The zero-order valence-corrected chi connectivity index (χ0v) is 14.5. The van der Waals surface area contributed by atoms with Gasteiger partial charge in [-0.3, -0.25) is 4.79 Å². The number of rotatable bonds is 5. The van der Waals surface area contributed by atoms with Crippen molar-refractivity contribution in [2.75, 3.05) is 6.26 Å². The largest absolute Gasteiger partial charge is 0.348 e. The van der Waals surface area contributed by atoms with Gasteiger partial charge in [0.1, 0.15) is 0 Å². The highest BCUT2D eigenvalue weighted by atomic mass is 32.2. The van der Waals surface area contributed by atoms with Crippen molar-refractivity contribution in [2.24, 2.45) is 0 Å². The molecule has 1 aromatic heterocycles. The van der Waals surface area contributed by atoms with Gasteiger partial charge in [0, 0.05) is 23.2 Å². The van der Waals surface area contributed by atoms with Crippen LogP contribution in [-0.4, -0.2) is 20.6 Å². The lowest BCUT2D eigenvalue weighted by molar-refractivity contribution is 0.0951. The SMILES string of the molecule is Cc1scc(CNC(=O)c2ccc(CS(C)(=O)=O)cc2)c1C. The van der Waals surface area contributed by atoms with Crippen LogP contribution >= 0.6 is 11.3 Å². The molecule has 1 N–H and O–H groups in total. The van der Waals surface area contributed by atoms with Crippen LogP contribution in [0, 0.1) is 13.8 Å². The second kappa shape index (κ2) is 6.62. The Hall–Kier alpha value is -1.66. The van der Waals surface area contributed by atoms with E-state index in [1.807, 2.05) is 6.92 Å². The minimum absolute atomic E-state index is 0.0116. The van der Waals surface area contributed by atoms with E-state index in [-0.39, 0.29) is 11.7 Å². The molecule has 22 heavy (non-hydrogen) atoms. The Labute approximate surface area is 135 Å². The zero-order chi connectivity index (χ0) is 16.3. The molecule has 0 saturated heterocycles. The van der Waals surface area contributed by atoms with Gasteiger partial charge < -0.3 is 5.32 Å². The zero-order valence-electron chi connectivity index (χ0n) is 12.8. The second-order valence-corrected chi connectivity index (χ2v) is 8.62. The van der Waals surface area contributed by atoms with Gasteiger partial charge in [-0.05, 0) is 48.1 Å². The second-order valence-electron chi connectivity index (χ2n) is 5.39. The molecule has 0 aliphatic rings. The summed E-state index contributed by atoms with van der Waals surface area (Å²) in [6, 6.07) is 6.66. The highest BCUT2D eigenvalue weighted by molar-refractivity contribution is 7.89. The van der Waals surface area contributed by atoms with Gasteiger partial charge in [0.15, 0.2) is 9.84 Å². The molecule has 1 aromatic carbocycles. The number of hydrogen-bond acceptors (Lipinski definition) is 4. The molecule has 2 rings (SSSR count). The first-order valence-electron chi connectivity index (χ1n) is 6.84. The predicted octanol–water partition coefficient (Wildman–Crippen LogP) is 2.84. The predicted molar refractivity (Wildman–Crippen MR) is 90.0 cm³/mol. The molecule has 0 atom stereocenters. The fourth-order valence-electron chi connectivity index (χ4n) is 2.07. The van der Waals surface area contributed by atoms with E-state index in [1.54, 1.807) is 35.6 Å². The summed E-state index contributed by atoms with van der Waals surface area (Å²) in [7, 11) is -3.06. The van der Waals surface area contributed by atoms with Crippen molar-refractivity contribution in [3.05, 3.63) is 56.8 Å². The average Bonchev–Trinajstić information content (AvgIpc) is 2.75. The topological polar surface area (TPSA) is 63.2 Å². The van der Waals surface area contributed by atoms with Crippen LogP contribution in [0.1, 0.15) is 31.9 Å². The number of hydrogen-bond donors (Lipinski definition) is 1. The van der Waals surface area contributed by atoms with Crippen LogP contribution in [0.4, 0.5) is 0 Å². The van der Waals surface area contributed by atoms with Crippen LogP contribution in [0.3, 0.4) is 0 Å². The van der Waals surface area contributed by atoms with E-state index < -0.39 is 9.84 Å². The Morgan fingerprint density at radius 1 is 1.18 bits per heavy atom. The number of sulfone groups is 1. The molecule has 0 spiro atoms. The first-order valence-corrected chi connectivity index (χ1v) is 9.79. The third-order valence-corrected chi connectivity index (χ3v) is 5.39. The normalized spacial score (nSPS) is 11.4. The van der Waals surface area contributed by atoms with Gasteiger partial charge in [-0.2, -0.15) is 0 Å². The molecule has 118 valence electrons. The van der Waals surface area contributed by atoms with Gasteiger partial charge >= 0.3 is 0 Å². The van der Waals surface area contributed by atoms with Gasteiger partial charge in [0.2, 0.25) is 0 Å². The van der Waals surface area contributed by atoms with Crippen LogP contribution in [0.2, 0.25) is 0 Å². The molecule has 0 fully saturated rings. The van der Waals surface area contributed by atoms with Gasteiger partial charge in [0.25, 0.3) is 5.91 Å². The summed E-state index contributed by atoms with van der Waals surface area (Å²) in [4.78, 5) is 13.4. The van der Waals surface area contributed by atoms with Crippen LogP contribution in [0.5, 0.6) is 0 Å². The number of benzene rings is 1. The monoisotopic (exact) mass is 337 g/mol. The Kier molecular flexibility index (Phi) is 5.03. The molecule has 1 amide bonds. The maximum absolute atomic E-state index is 12.1. The molecule has 0 saturated carbocycles. The highest BCUT2D eigenvalue weighted by Crippen LogP contribution is 2.20. The number of carbonyl (C=O) groups excluding carboxylic acids is 1. The molecule has 0 bridgehead atoms. The molecule has 0 aliphatic carbocycles. The van der Waals surface area contributed by atoms with E-state index in [0.717, 1.165) is 5.56 Å². The Bertz CT molecular complexity index is 774. The molecule has 6 heteroatoms. The third-order valence-electron chi connectivity index (χ3n) is 3.47. The van der Waals surface area contributed by atoms with Crippen LogP contribution < -0.4 is 5.32 Å². The van der Waals surface area contributed by atoms with Crippen molar-refractivity contribution in [3.63, 3.8) is 0 Å². The summed E-state index contributed by atoms with van der Waals surface area (Å²) in [5.74, 6) is -0.170. The maximum Gasteiger partial charge on any atom is 0.251 e. The van der Waals surface area contributed by atoms with E-state index in [4.69, 9.17) is 0 Å². The van der Waals surface area contributed by atoms with E-state index >= 15 is 0 Å². The Morgan fingerprint density at radius 3 is 2.32 bits per heavy atom. The van der Waals surface area contributed by atoms with Crippen LogP contribution in [-0.2, 0) is 22.1 Å². The van der Waals surface area contributed by atoms with E-state index in [2.05, 4.69) is 17.6 Å². The molecule has 2 aromatic rings. The van der Waals surface area contributed by atoms with E-state index in [9.17, 15) is 13.2 Å². The molecular formula is C16H19NO3S2. The number of thiophene rings is 1. The molecule has 0 unspecified atom stereocenters. The first kappa shape index (κ1) is 16.7. The minimum atomic E-state index is -3.06. The molecule has 4 nitrogen and oxygen atoms in total. The van der Waals surface area contributed by atoms with Crippen molar-refractivity contribution >= 4 is 27.1 Å². The Balaban J connectivity index is 1.99. The average molecular weight is 337 g/mol. The Morgan fingerprint density at radius 2 is 1.82 bits per heavy atom. The lowest BCUT2D eigenvalue weighted by atomic mass is 10.1.